The summed E-state index contributed by atoms with van der Waals surface area (Å²) in [6.07, 6.45) is 5.04. The Bertz CT molecular complexity index is 624. The van der Waals surface area contributed by atoms with E-state index in [0.29, 0.717) is 5.92 Å². The second-order valence-corrected chi connectivity index (χ2v) is 7.69. The Labute approximate surface area is 153 Å². The van der Waals surface area contributed by atoms with Crippen molar-refractivity contribution < 1.29 is 27.9 Å². The highest BCUT2D eigenvalue weighted by molar-refractivity contribution is 7.15. The molecule has 0 saturated heterocycles. The maximum absolute atomic E-state index is 11.9. The molecule has 0 atom stereocenters. The lowest BCUT2D eigenvalue weighted by Gasteiger charge is -2.30. The Kier molecular flexibility index (Phi) is 6.99. The number of hydrogen-bond donors (Lipinski definition) is 3. The number of hydrogen-bond acceptors (Lipinski definition) is 5. The van der Waals surface area contributed by atoms with Gasteiger partial charge < -0.3 is 16.2 Å². The van der Waals surface area contributed by atoms with Gasteiger partial charge in [-0.2, -0.15) is 13.2 Å². The molecule has 1 heterocycles. The number of carboxylic acids is 1. The van der Waals surface area contributed by atoms with E-state index in [9.17, 15) is 18.0 Å². The van der Waals surface area contributed by atoms with Gasteiger partial charge in [-0.3, -0.25) is 4.79 Å². The number of aliphatic carboxylic acids is 1. The van der Waals surface area contributed by atoms with E-state index in [1.807, 2.05) is 6.20 Å². The zero-order valence-electron chi connectivity index (χ0n) is 14.1. The minimum absolute atomic E-state index is 0.0891. The molecule has 0 spiro atoms. The lowest BCUT2D eigenvalue weighted by atomic mass is 9.80. The van der Waals surface area contributed by atoms with Gasteiger partial charge in [0.15, 0.2) is 5.13 Å². The van der Waals surface area contributed by atoms with Crippen LogP contribution in [0.5, 0.6) is 0 Å². The zero-order valence-corrected chi connectivity index (χ0v) is 14.9. The van der Waals surface area contributed by atoms with E-state index in [1.54, 1.807) is 11.3 Å². The predicted molar refractivity (Wildman–Crippen MR) is 91.0 cm³/mol. The molecular weight excluding hydrogens is 371 g/mol. The SMILES string of the molecule is N[C@H]1C[C@@H](C(=O)Nc2ncc(C3CCCCC3)s2)C1.O=C(O)C(F)(F)F. The van der Waals surface area contributed by atoms with Gasteiger partial charge in [-0.1, -0.05) is 19.3 Å². The number of thiazole rings is 1. The highest BCUT2D eigenvalue weighted by Gasteiger charge is 2.38. The summed E-state index contributed by atoms with van der Waals surface area (Å²) in [4.78, 5) is 26.5. The van der Waals surface area contributed by atoms with Crippen LogP contribution in [0.1, 0.15) is 55.7 Å². The molecular formula is C16H22F3N3O3S. The highest BCUT2D eigenvalue weighted by atomic mass is 32.1. The molecule has 0 aliphatic heterocycles. The molecule has 6 nitrogen and oxygen atoms in total. The fourth-order valence-corrected chi connectivity index (χ4v) is 3.99. The smallest absolute Gasteiger partial charge is 0.475 e. The summed E-state index contributed by atoms with van der Waals surface area (Å²) in [6, 6.07) is 0.213. The van der Waals surface area contributed by atoms with Crippen molar-refractivity contribution in [2.24, 2.45) is 11.7 Å². The molecule has 2 aliphatic rings. The van der Waals surface area contributed by atoms with Crippen LogP contribution in [0.15, 0.2) is 6.20 Å². The third-order valence-corrected chi connectivity index (χ3v) is 5.62. The van der Waals surface area contributed by atoms with E-state index >= 15 is 0 Å². The van der Waals surface area contributed by atoms with Crippen LogP contribution in [0.4, 0.5) is 18.3 Å². The van der Waals surface area contributed by atoms with Crippen molar-refractivity contribution in [3.63, 3.8) is 0 Å². The number of amides is 1. The fraction of sp³-hybridized carbons (Fsp3) is 0.688. The number of carbonyl (C=O) groups is 2. The van der Waals surface area contributed by atoms with Crippen molar-refractivity contribution in [2.75, 3.05) is 5.32 Å². The third kappa shape index (κ3) is 5.94. The average Bonchev–Trinajstić information content (AvgIpc) is 3.01. The monoisotopic (exact) mass is 393 g/mol. The van der Waals surface area contributed by atoms with Gasteiger partial charge in [-0.25, -0.2) is 9.78 Å². The van der Waals surface area contributed by atoms with Crippen LogP contribution in [-0.4, -0.2) is 34.2 Å². The summed E-state index contributed by atoms with van der Waals surface area (Å²) in [5.74, 6) is -1.91. The third-order valence-electron chi connectivity index (χ3n) is 4.55. The second kappa shape index (κ2) is 8.81. The number of aromatic nitrogens is 1. The van der Waals surface area contributed by atoms with Gasteiger partial charge in [0.1, 0.15) is 0 Å². The van der Waals surface area contributed by atoms with E-state index in [0.717, 1.165) is 18.0 Å². The van der Waals surface area contributed by atoms with Gasteiger partial charge in [0.05, 0.1) is 0 Å². The molecule has 0 radical (unpaired) electrons. The van der Waals surface area contributed by atoms with Gasteiger partial charge in [0, 0.05) is 23.0 Å². The topological polar surface area (TPSA) is 105 Å². The van der Waals surface area contributed by atoms with E-state index < -0.39 is 12.1 Å². The number of nitrogens with zero attached hydrogens (tertiary/aromatic N) is 1. The molecule has 0 unspecified atom stereocenters. The predicted octanol–water partition coefficient (Wildman–Crippen LogP) is 3.50. The van der Waals surface area contributed by atoms with Crippen LogP contribution in [0, 0.1) is 5.92 Å². The molecule has 2 aliphatic carbocycles. The summed E-state index contributed by atoms with van der Waals surface area (Å²) in [7, 11) is 0. The Hall–Kier alpha value is -1.68. The maximum atomic E-state index is 11.9. The summed E-state index contributed by atoms with van der Waals surface area (Å²) >= 11 is 1.65. The molecule has 2 saturated carbocycles. The highest BCUT2D eigenvalue weighted by Crippen LogP contribution is 2.37. The van der Waals surface area contributed by atoms with Crippen LogP contribution >= 0.6 is 11.3 Å². The fourth-order valence-electron chi connectivity index (χ4n) is 3.00. The summed E-state index contributed by atoms with van der Waals surface area (Å²) in [6.45, 7) is 0. The molecule has 0 aromatic carbocycles. The van der Waals surface area contributed by atoms with Gasteiger partial charge >= 0.3 is 12.1 Å². The van der Waals surface area contributed by atoms with E-state index in [4.69, 9.17) is 15.6 Å². The Morgan fingerprint density at radius 2 is 1.81 bits per heavy atom. The van der Waals surface area contributed by atoms with Crippen molar-refractivity contribution in [3.8, 4) is 0 Å². The number of nitrogens with two attached hydrogens (primary N) is 1. The maximum Gasteiger partial charge on any atom is 0.490 e. The molecule has 0 bridgehead atoms. The van der Waals surface area contributed by atoms with Crippen LogP contribution in [-0.2, 0) is 9.59 Å². The van der Waals surface area contributed by atoms with Crippen molar-refractivity contribution >= 4 is 28.3 Å². The van der Waals surface area contributed by atoms with Crippen molar-refractivity contribution in [2.45, 2.75) is 63.1 Å². The standard InChI is InChI=1S/C14H21N3OS.C2HF3O2/c15-11-6-10(7-11)13(18)17-14-16-8-12(19-14)9-4-2-1-3-5-9;3-2(4,5)1(6)7/h8-11H,1-7,15H2,(H,16,17,18);(H,6,7)/t10-,11+;. The lowest BCUT2D eigenvalue weighted by Crippen LogP contribution is -2.42. The van der Waals surface area contributed by atoms with E-state index in [2.05, 4.69) is 10.3 Å². The normalized spacial score (nSPS) is 23.4. The molecule has 26 heavy (non-hydrogen) atoms. The molecule has 146 valence electrons. The average molecular weight is 393 g/mol. The number of halogens is 3. The van der Waals surface area contributed by atoms with Gasteiger partial charge in [-0.05, 0) is 31.6 Å². The number of anilines is 1. The van der Waals surface area contributed by atoms with Crippen LogP contribution in [0.3, 0.4) is 0 Å². The van der Waals surface area contributed by atoms with Crippen LogP contribution < -0.4 is 11.1 Å². The summed E-state index contributed by atoms with van der Waals surface area (Å²) < 4.78 is 31.7. The lowest BCUT2D eigenvalue weighted by molar-refractivity contribution is -0.192. The minimum atomic E-state index is -5.08. The quantitative estimate of drug-likeness (QED) is 0.729. The van der Waals surface area contributed by atoms with Crippen molar-refractivity contribution in [1.82, 2.24) is 4.98 Å². The first-order valence-corrected chi connectivity index (χ1v) is 9.30. The molecule has 1 amide bonds. The molecule has 4 N–H and O–H groups in total. The number of alkyl halides is 3. The first-order valence-electron chi connectivity index (χ1n) is 8.49. The molecule has 10 heteroatoms. The molecule has 3 rings (SSSR count). The van der Waals surface area contributed by atoms with Gasteiger partial charge in [0.2, 0.25) is 5.91 Å². The van der Waals surface area contributed by atoms with Crippen LogP contribution in [0.25, 0.3) is 0 Å². The Balaban J connectivity index is 0.000000298. The van der Waals surface area contributed by atoms with Crippen LogP contribution in [0.2, 0.25) is 0 Å². The van der Waals surface area contributed by atoms with Crippen molar-refractivity contribution in [3.05, 3.63) is 11.1 Å². The minimum Gasteiger partial charge on any atom is -0.475 e. The molecule has 1 aromatic rings. The molecule has 1 aromatic heterocycles. The number of carbonyl (C=O) groups excluding carboxylic acids is 1. The number of nitrogens with one attached hydrogen (secondary N) is 1. The molecule has 2 fully saturated rings. The second-order valence-electron chi connectivity index (χ2n) is 6.62. The first kappa shape index (κ1) is 20.6. The van der Waals surface area contributed by atoms with Gasteiger partial charge in [-0.15, -0.1) is 11.3 Å². The number of carboxylic acid groups (broad SMARTS) is 1. The first-order chi connectivity index (χ1) is 12.2. The van der Waals surface area contributed by atoms with E-state index in [1.165, 1.54) is 37.0 Å². The number of rotatable bonds is 3. The largest absolute Gasteiger partial charge is 0.490 e. The Morgan fingerprint density at radius 3 is 2.31 bits per heavy atom. The Morgan fingerprint density at radius 1 is 1.23 bits per heavy atom. The van der Waals surface area contributed by atoms with Crippen molar-refractivity contribution in [1.29, 1.82) is 0 Å². The van der Waals surface area contributed by atoms with Gasteiger partial charge in [0.25, 0.3) is 0 Å². The summed E-state index contributed by atoms with van der Waals surface area (Å²) in [5, 5.41) is 10.8. The van der Waals surface area contributed by atoms with E-state index in [-0.39, 0.29) is 17.9 Å². The zero-order chi connectivity index (χ0) is 19.3. The summed E-state index contributed by atoms with van der Waals surface area (Å²) in [5.41, 5.74) is 5.71.